The van der Waals surface area contributed by atoms with Crippen LogP contribution in [0.15, 0.2) is 164 Å². The number of hydrogen-bond acceptors (Lipinski definition) is 2. The lowest BCUT2D eigenvalue weighted by atomic mass is 9.55. The summed E-state index contributed by atoms with van der Waals surface area (Å²) in [7, 11) is 0. The Bertz CT molecular complexity index is 2500. The van der Waals surface area contributed by atoms with Crippen molar-refractivity contribution in [1.29, 1.82) is 0 Å². The van der Waals surface area contributed by atoms with Crippen LogP contribution >= 0.6 is 11.3 Å². The minimum absolute atomic E-state index is 0.124. The molecule has 0 aliphatic heterocycles. The van der Waals surface area contributed by atoms with Crippen LogP contribution in [0.1, 0.15) is 47.2 Å². The average Bonchev–Trinajstić information content (AvgIpc) is 3.66. The van der Waals surface area contributed by atoms with Gasteiger partial charge < -0.3 is 4.90 Å². The maximum Gasteiger partial charge on any atom is 0.0720 e. The van der Waals surface area contributed by atoms with Gasteiger partial charge in [-0.05, 0) is 80.9 Å². The molecule has 0 amide bonds. The van der Waals surface area contributed by atoms with E-state index in [0.717, 1.165) is 11.4 Å². The Morgan fingerprint density at radius 3 is 1.77 bits per heavy atom. The first kappa shape index (κ1) is 27.7. The number of nitrogens with zero attached hydrogens (tertiary/aromatic N) is 1. The minimum atomic E-state index is -0.434. The Labute approximate surface area is 285 Å². The highest BCUT2D eigenvalue weighted by Gasteiger charge is 2.53. The predicted molar refractivity (Wildman–Crippen MR) is 203 cm³/mol. The molecular weight excluding hydrogens is 599 g/mol. The lowest BCUT2D eigenvalue weighted by Gasteiger charge is -2.46. The van der Waals surface area contributed by atoms with Gasteiger partial charge in [-0.1, -0.05) is 141 Å². The molecule has 48 heavy (non-hydrogen) atoms. The highest BCUT2D eigenvalue weighted by Crippen LogP contribution is 2.62. The first-order chi connectivity index (χ1) is 23.6. The molecule has 0 saturated carbocycles. The zero-order chi connectivity index (χ0) is 32.0. The topological polar surface area (TPSA) is 3.24 Å². The average molecular weight is 632 g/mol. The lowest BCUT2D eigenvalue weighted by molar-refractivity contribution is 0.563. The molecule has 2 heteroatoms. The van der Waals surface area contributed by atoms with Crippen molar-refractivity contribution >= 4 is 48.6 Å². The van der Waals surface area contributed by atoms with E-state index in [1.807, 2.05) is 11.3 Å². The molecule has 1 aromatic heterocycles. The number of rotatable bonds is 3. The monoisotopic (exact) mass is 631 g/mol. The maximum absolute atomic E-state index is 2.50. The quantitative estimate of drug-likeness (QED) is 0.188. The molecule has 0 atom stereocenters. The van der Waals surface area contributed by atoms with Crippen LogP contribution < -0.4 is 4.90 Å². The van der Waals surface area contributed by atoms with Crippen molar-refractivity contribution in [2.45, 2.75) is 24.7 Å². The van der Waals surface area contributed by atoms with Gasteiger partial charge >= 0.3 is 0 Å². The number of anilines is 3. The van der Waals surface area contributed by atoms with Gasteiger partial charge in [-0.3, -0.25) is 0 Å². The van der Waals surface area contributed by atoms with E-state index >= 15 is 0 Å². The summed E-state index contributed by atoms with van der Waals surface area (Å²) in [6.07, 6.45) is 0. The number of para-hydroxylation sites is 1. The number of fused-ring (bicyclic) bond motifs is 12. The van der Waals surface area contributed by atoms with E-state index in [9.17, 15) is 0 Å². The third-order valence-electron chi connectivity index (χ3n) is 10.9. The second-order valence-corrected chi connectivity index (χ2v) is 14.7. The maximum atomic E-state index is 2.50. The molecule has 8 aromatic rings. The normalized spacial score (nSPS) is 14.8. The Morgan fingerprint density at radius 2 is 1.02 bits per heavy atom. The molecule has 0 saturated heterocycles. The highest BCUT2D eigenvalue weighted by molar-refractivity contribution is 7.26. The molecule has 2 aliphatic carbocycles. The van der Waals surface area contributed by atoms with E-state index in [1.165, 1.54) is 70.4 Å². The van der Waals surface area contributed by atoms with Gasteiger partial charge in [0.1, 0.15) is 0 Å². The summed E-state index contributed by atoms with van der Waals surface area (Å²) in [6, 6.07) is 61.1. The van der Waals surface area contributed by atoms with E-state index in [-0.39, 0.29) is 5.41 Å². The second kappa shape index (κ2) is 10.0. The first-order valence-corrected chi connectivity index (χ1v) is 17.6. The van der Waals surface area contributed by atoms with Crippen molar-refractivity contribution in [3.05, 3.63) is 197 Å². The fourth-order valence-corrected chi connectivity index (χ4v) is 10.1. The van der Waals surface area contributed by atoms with Crippen LogP contribution in [-0.2, 0) is 10.8 Å². The predicted octanol–water partition coefficient (Wildman–Crippen LogP) is 12.5. The van der Waals surface area contributed by atoms with Gasteiger partial charge in [0.25, 0.3) is 0 Å². The fourth-order valence-electron chi connectivity index (χ4n) is 8.90. The molecule has 228 valence electrons. The summed E-state index contributed by atoms with van der Waals surface area (Å²) in [5, 5.41) is 2.62. The van der Waals surface area contributed by atoms with E-state index in [4.69, 9.17) is 0 Å². The second-order valence-electron chi connectivity index (χ2n) is 13.7. The van der Waals surface area contributed by atoms with E-state index < -0.39 is 5.41 Å². The zero-order valence-electron chi connectivity index (χ0n) is 26.9. The molecule has 7 aromatic carbocycles. The Kier molecular flexibility index (Phi) is 5.78. The summed E-state index contributed by atoms with van der Waals surface area (Å²) < 4.78 is 2.62. The number of benzene rings is 7. The molecular formula is C46H33NS. The molecule has 1 spiro atoms. The van der Waals surface area contributed by atoms with Crippen molar-refractivity contribution in [2.75, 3.05) is 4.90 Å². The largest absolute Gasteiger partial charge is 0.309 e. The van der Waals surface area contributed by atoms with Crippen LogP contribution in [-0.4, -0.2) is 0 Å². The van der Waals surface area contributed by atoms with Crippen LogP contribution in [0.5, 0.6) is 0 Å². The third-order valence-corrected chi connectivity index (χ3v) is 12.1. The van der Waals surface area contributed by atoms with Gasteiger partial charge in [0.15, 0.2) is 0 Å². The first-order valence-electron chi connectivity index (χ1n) is 16.8. The van der Waals surface area contributed by atoms with Crippen molar-refractivity contribution < 1.29 is 0 Å². The minimum Gasteiger partial charge on any atom is -0.309 e. The van der Waals surface area contributed by atoms with Crippen LogP contribution in [0.25, 0.3) is 31.3 Å². The van der Waals surface area contributed by atoms with Crippen molar-refractivity contribution in [1.82, 2.24) is 0 Å². The molecule has 0 radical (unpaired) electrons. The van der Waals surface area contributed by atoms with Crippen LogP contribution in [0.3, 0.4) is 0 Å². The molecule has 0 bridgehead atoms. The number of hydrogen-bond donors (Lipinski definition) is 0. The summed E-state index contributed by atoms with van der Waals surface area (Å²) in [4.78, 5) is 2.47. The summed E-state index contributed by atoms with van der Waals surface area (Å²) in [5.41, 5.74) is 13.9. The lowest BCUT2D eigenvalue weighted by Crippen LogP contribution is -2.40. The van der Waals surface area contributed by atoms with Gasteiger partial charge in [0.05, 0.1) is 15.8 Å². The van der Waals surface area contributed by atoms with E-state index in [0.29, 0.717) is 0 Å². The Hall–Kier alpha value is -5.44. The van der Waals surface area contributed by atoms with Crippen molar-refractivity contribution in [3.63, 3.8) is 0 Å². The summed E-state index contributed by atoms with van der Waals surface area (Å²) >= 11 is 1.88. The van der Waals surface area contributed by atoms with Crippen molar-refractivity contribution in [3.8, 4) is 11.1 Å². The van der Waals surface area contributed by atoms with Gasteiger partial charge in [0, 0.05) is 32.3 Å². The van der Waals surface area contributed by atoms with Gasteiger partial charge in [-0.2, -0.15) is 0 Å². The fraction of sp³-hybridized carbons (Fsp3) is 0.0870. The highest BCUT2D eigenvalue weighted by atomic mass is 32.1. The van der Waals surface area contributed by atoms with E-state index in [2.05, 4.69) is 183 Å². The van der Waals surface area contributed by atoms with Crippen LogP contribution in [0, 0.1) is 0 Å². The molecule has 1 heterocycles. The molecule has 0 unspecified atom stereocenters. The molecule has 0 N–H and O–H groups in total. The Morgan fingerprint density at radius 1 is 0.438 bits per heavy atom. The summed E-state index contributed by atoms with van der Waals surface area (Å²) in [6.45, 7) is 4.77. The smallest absolute Gasteiger partial charge is 0.0720 e. The molecule has 2 aliphatic rings. The molecule has 1 nitrogen and oxygen atoms in total. The third kappa shape index (κ3) is 3.56. The van der Waals surface area contributed by atoms with Crippen LogP contribution in [0.2, 0.25) is 0 Å². The standard InChI is InChI=1S/C46H33NS/c1-45(2)37-21-9-11-23-39(37)46(40-24-12-10-22-38(40)45)36-20-8-6-17-32(36)33-28-27-31(29-41(33)46)47(30-15-4-3-5-16-30)42-25-14-19-35-34-18-7-13-26-43(34)48-44(35)42/h3-29H,1-2H3. The molecule has 0 fully saturated rings. The Balaban J connectivity index is 1.30. The van der Waals surface area contributed by atoms with E-state index in [1.54, 1.807) is 0 Å². The SMILES string of the molecule is CC1(C)c2ccccc2C2(c3ccccc3-c3ccc(N(c4ccccc4)c4cccc5c4sc4ccccc45)cc32)c2ccccc21. The molecule has 10 rings (SSSR count). The summed E-state index contributed by atoms with van der Waals surface area (Å²) in [5.74, 6) is 0. The zero-order valence-corrected chi connectivity index (χ0v) is 27.8. The van der Waals surface area contributed by atoms with Gasteiger partial charge in [-0.25, -0.2) is 0 Å². The van der Waals surface area contributed by atoms with Gasteiger partial charge in [-0.15, -0.1) is 11.3 Å². The number of thiophene rings is 1. The van der Waals surface area contributed by atoms with Gasteiger partial charge in [0.2, 0.25) is 0 Å². The van der Waals surface area contributed by atoms with Crippen molar-refractivity contribution in [2.24, 2.45) is 0 Å². The van der Waals surface area contributed by atoms with Crippen LogP contribution in [0.4, 0.5) is 17.1 Å².